The van der Waals surface area contributed by atoms with Gasteiger partial charge in [0.05, 0.1) is 4.90 Å². The molecule has 0 aliphatic carbocycles. The van der Waals surface area contributed by atoms with E-state index in [4.69, 9.17) is 0 Å². The van der Waals surface area contributed by atoms with Crippen LogP contribution in [0.1, 0.15) is 23.2 Å². The average molecular weight is 430 g/mol. The predicted molar refractivity (Wildman–Crippen MR) is 101 cm³/mol. The van der Waals surface area contributed by atoms with Crippen LogP contribution >= 0.6 is 11.8 Å². The molecular formula is C18H17F3N2O3S2. The second kappa shape index (κ2) is 8.14. The summed E-state index contributed by atoms with van der Waals surface area (Å²) in [6, 6.07) is 10.9. The minimum atomic E-state index is -4.39. The van der Waals surface area contributed by atoms with E-state index in [1.54, 1.807) is 0 Å². The van der Waals surface area contributed by atoms with Gasteiger partial charge in [0.2, 0.25) is 10.0 Å². The number of halogens is 3. The fourth-order valence-electron chi connectivity index (χ4n) is 2.80. The van der Waals surface area contributed by atoms with Gasteiger partial charge in [0.1, 0.15) is 0 Å². The summed E-state index contributed by atoms with van der Waals surface area (Å²) in [5, 5.41) is 2.60. The third-order valence-electron chi connectivity index (χ3n) is 4.17. The van der Waals surface area contributed by atoms with E-state index < -0.39 is 21.4 Å². The molecule has 0 atom stereocenters. The van der Waals surface area contributed by atoms with Gasteiger partial charge in [0, 0.05) is 29.2 Å². The molecule has 10 heteroatoms. The number of sulfonamides is 1. The van der Waals surface area contributed by atoms with E-state index in [1.807, 2.05) is 0 Å². The van der Waals surface area contributed by atoms with Crippen molar-refractivity contribution < 1.29 is 26.4 Å². The van der Waals surface area contributed by atoms with E-state index in [2.05, 4.69) is 5.32 Å². The molecule has 28 heavy (non-hydrogen) atoms. The SMILES string of the molecule is O=C(Nc1ccc(S(=O)(=O)N2CCCC2)cc1)c1ccc(SC(F)(F)F)cc1. The number of carbonyl (C=O) groups is 1. The summed E-state index contributed by atoms with van der Waals surface area (Å²) in [4.78, 5) is 12.4. The van der Waals surface area contributed by atoms with Crippen molar-refractivity contribution in [1.29, 1.82) is 0 Å². The highest BCUT2D eigenvalue weighted by Crippen LogP contribution is 2.36. The lowest BCUT2D eigenvalue weighted by atomic mass is 10.2. The molecule has 1 saturated heterocycles. The smallest absolute Gasteiger partial charge is 0.322 e. The molecule has 0 bridgehead atoms. The standard InChI is InChI=1S/C18H17F3N2O3S2/c19-18(20,21)27-15-7-3-13(4-8-15)17(24)22-14-5-9-16(10-6-14)28(25,26)23-11-1-2-12-23/h3-10H,1-2,11-12H2,(H,22,24). The summed E-state index contributed by atoms with van der Waals surface area (Å²) in [6.45, 7) is 1.01. The largest absolute Gasteiger partial charge is 0.446 e. The number of thioether (sulfide) groups is 1. The van der Waals surface area contributed by atoms with Gasteiger partial charge in [0.25, 0.3) is 5.91 Å². The van der Waals surface area contributed by atoms with Crippen molar-refractivity contribution in [3.8, 4) is 0 Å². The zero-order valence-electron chi connectivity index (χ0n) is 14.6. The highest BCUT2D eigenvalue weighted by molar-refractivity contribution is 8.00. The molecule has 0 aromatic heterocycles. The third-order valence-corrected chi connectivity index (χ3v) is 6.82. The highest BCUT2D eigenvalue weighted by atomic mass is 32.2. The minimum Gasteiger partial charge on any atom is -0.322 e. The second-order valence-corrected chi connectivity index (χ2v) is 9.24. The molecule has 0 spiro atoms. The van der Waals surface area contributed by atoms with Crippen LogP contribution in [0.25, 0.3) is 0 Å². The number of amides is 1. The molecule has 1 aliphatic rings. The first-order valence-electron chi connectivity index (χ1n) is 8.42. The molecule has 1 fully saturated rings. The summed E-state index contributed by atoms with van der Waals surface area (Å²) in [5.74, 6) is -0.501. The maximum Gasteiger partial charge on any atom is 0.446 e. The third kappa shape index (κ3) is 5.06. The lowest BCUT2D eigenvalue weighted by Gasteiger charge is -2.15. The Balaban J connectivity index is 1.66. The van der Waals surface area contributed by atoms with E-state index in [-0.39, 0.29) is 27.1 Å². The van der Waals surface area contributed by atoms with Gasteiger partial charge in [-0.3, -0.25) is 4.79 Å². The number of benzene rings is 2. The Labute approximate surface area is 165 Å². The van der Waals surface area contributed by atoms with E-state index in [0.717, 1.165) is 12.8 Å². The molecule has 0 radical (unpaired) electrons. The highest BCUT2D eigenvalue weighted by Gasteiger charge is 2.29. The Morgan fingerprint density at radius 1 is 0.964 bits per heavy atom. The van der Waals surface area contributed by atoms with Crippen LogP contribution in [-0.2, 0) is 10.0 Å². The fourth-order valence-corrected chi connectivity index (χ4v) is 4.86. The molecule has 1 amide bonds. The maximum absolute atomic E-state index is 12.5. The van der Waals surface area contributed by atoms with Crippen molar-refractivity contribution in [3.05, 3.63) is 54.1 Å². The lowest BCUT2D eigenvalue weighted by molar-refractivity contribution is -0.0328. The van der Waals surface area contributed by atoms with Gasteiger partial charge in [-0.05, 0) is 73.1 Å². The van der Waals surface area contributed by atoms with Crippen LogP contribution in [0, 0.1) is 0 Å². The van der Waals surface area contributed by atoms with Crippen LogP contribution in [0.15, 0.2) is 58.3 Å². The zero-order chi connectivity index (χ0) is 20.4. The van der Waals surface area contributed by atoms with Gasteiger partial charge in [-0.2, -0.15) is 17.5 Å². The number of alkyl halides is 3. The number of nitrogens with one attached hydrogen (secondary N) is 1. The van der Waals surface area contributed by atoms with Crippen molar-refractivity contribution in [2.24, 2.45) is 0 Å². The second-order valence-electron chi connectivity index (χ2n) is 6.16. The van der Waals surface area contributed by atoms with E-state index in [1.165, 1.54) is 52.8 Å². The molecule has 1 heterocycles. The van der Waals surface area contributed by atoms with Crippen LogP contribution in [0.4, 0.5) is 18.9 Å². The summed E-state index contributed by atoms with van der Waals surface area (Å²) in [6.07, 6.45) is 1.68. The van der Waals surface area contributed by atoms with Crippen LogP contribution in [0.3, 0.4) is 0 Å². The van der Waals surface area contributed by atoms with Gasteiger partial charge in [0.15, 0.2) is 0 Å². The molecule has 1 aliphatic heterocycles. The first kappa shape index (κ1) is 20.7. The van der Waals surface area contributed by atoms with Crippen LogP contribution < -0.4 is 5.32 Å². The van der Waals surface area contributed by atoms with Crippen molar-refractivity contribution in [2.45, 2.75) is 28.1 Å². The first-order valence-corrected chi connectivity index (χ1v) is 10.7. The number of rotatable bonds is 5. The van der Waals surface area contributed by atoms with Crippen molar-refractivity contribution in [1.82, 2.24) is 4.31 Å². The Morgan fingerprint density at radius 2 is 1.54 bits per heavy atom. The first-order chi connectivity index (χ1) is 13.1. The van der Waals surface area contributed by atoms with Gasteiger partial charge < -0.3 is 5.32 Å². The van der Waals surface area contributed by atoms with E-state index >= 15 is 0 Å². The Bertz CT molecular complexity index is 938. The summed E-state index contributed by atoms with van der Waals surface area (Å²) in [5.41, 5.74) is -3.81. The quantitative estimate of drug-likeness (QED) is 0.717. The summed E-state index contributed by atoms with van der Waals surface area (Å²) >= 11 is -0.253. The number of carbonyl (C=O) groups excluding carboxylic acids is 1. The Kier molecular flexibility index (Phi) is 6.01. The molecule has 5 nitrogen and oxygen atoms in total. The van der Waals surface area contributed by atoms with E-state index in [0.29, 0.717) is 18.8 Å². The molecule has 2 aromatic rings. The molecular weight excluding hydrogens is 413 g/mol. The maximum atomic E-state index is 12.5. The van der Waals surface area contributed by atoms with Gasteiger partial charge in [-0.15, -0.1) is 0 Å². The zero-order valence-corrected chi connectivity index (χ0v) is 16.2. The molecule has 2 aromatic carbocycles. The van der Waals surface area contributed by atoms with Crippen LogP contribution in [0.2, 0.25) is 0 Å². The Morgan fingerprint density at radius 3 is 2.07 bits per heavy atom. The van der Waals surface area contributed by atoms with E-state index in [9.17, 15) is 26.4 Å². The Hall–Kier alpha value is -2.04. The summed E-state index contributed by atoms with van der Waals surface area (Å²) in [7, 11) is -3.53. The van der Waals surface area contributed by atoms with Crippen LogP contribution in [-0.4, -0.2) is 37.2 Å². The molecule has 0 unspecified atom stereocenters. The predicted octanol–water partition coefficient (Wildman–Crippen LogP) is 4.34. The number of anilines is 1. The molecule has 1 N–H and O–H groups in total. The average Bonchev–Trinajstić information content (AvgIpc) is 3.17. The summed E-state index contributed by atoms with van der Waals surface area (Å²) < 4.78 is 63.4. The normalized spacial score (nSPS) is 15.5. The number of hydrogen-bond acceptors (Lipinski definition) is 4. The number of hydrogen-bond donors (Lipinski definition) is 1. The van der Waals surface area contributed by atoms with Crippen LogP contribution in [0.5, 0.6) is 0 Å². The minimum absolute atomic E-state index is 0.0134. The fraction of sp³-hybridized carbons (Fsp3) is 0.278. The topological polar surface area (TPSA) is 66.5 Å². The van der Waals surface area contributed by atoms with Gasteiger partial charge in [-0.25, -0.2) is 8.42 Å². The monoisotopic (exact) mass is 430 g/mol. The van der Waals surface area contributed by atoms with Gasteiger partial charge >= 0.3 is 5.51 Å². The van der Waals surface area contributed by atoms with Gasteiger partial charge in [-0.1, -0.05) is 0 Å². The van der Waals surface area contributed by atoms with Crippen molar-refractivity contribution in [2.75, 3.05) is 18.4 Å². The number of nitrogens with zero attached hydrogens (tertiary/aromatic N) is 1. The van der Waals surface area contributed by atoms with Crippen molar-refractivity contribution >= 4 is 33.4 Å². The molecule has 3 rings (SSSR count). The lowest BCUT2D eigenvalue weighted by Crippen LogP contribution is -2.27. The molecule has 0 saturated carbocycles. The molecule has 150 valence electrons. The van der Waals surface area contributed by atoms with Crippen molar-refractivity contribution in [3.63, 3.8) is 0 Å².